The third-order valence-electron chi connectivity index (χ3n) is 0. The summed E-state index contributed by atoms with van der Waals surface area (Å²) in [5, 5.41) is 0. The monoisotopic (exact) mass is 292 g/mol. The van der Waals surface area contributed by atoms with E-state index in [1.165, 1.54) is 0 Å². The van der Waals surface area contributed by atoms with Crippen molar-refractivity contribution in [1.82, 2.24) is 0 Å². The van der Waals surface area contributed by atoms with Gasteiger partial charge in [-0.1, -0.05) is 0 Å². The van der Waals surface area contributed by atoms with Crippen molar-refractivity contribution in [3.05, 3.63) is 0 Å². The van der Waals surface area contributed by atoms with E-state index in [4.69, 9.17) is 18.6 Å². The molecule has 0 saturated heterocycles. The number of hydrogen-bond acceptors (Lipinski definition) is 4. The van der Waals surface area contributed by atoms with Crippen molar-refractivity contribution in [2.45, 2.75) is 0 Å². The van der Waals surface area contributed by atoms with Gasteiger partial charge in [0.2, 0.25) is 0 Å². The predicted octanol–water partition coefficient (Wildman–Crippen LogP) is -12.7. The Kier molecular flexibility index (Phi) is 718. The fourth-order valence-electron chi connectivity index (χ4n) is 0. The lowest BCUT2D eigenvalue weighted by atomic mass is 15.8. The summed E-state index contributed by atoms with van der Waals surface area (Å²) in [7, 11) is -4.69. The molecular weight excluding hydrogens is 270 g/mol. The van der Waals surface area contributed by atoms with Gasteiger partial charge in [0.05, 0.1) is 14.9 Å². The molecule has 0 saturated carbocycles. The van der Waals surface area contributed by atoms with Crippen LogP contribution in [0.2, 0.25) is 0 Å². The molecule has 0 aliphatic rings. The van der Waals surface area contributed by atoms with Crippen LogP contribution >= 0.6 is 0 Å². The Morgan fingerprint density at radius 3 is 0.533 bits per heavy atom. The molecule has 0 atom stereocenters. The van der Waals surface area contributed by atoms with Crippen molar-refractivity contribution in [3.8, 4) is 0 Å². The summed E-state index contributed by atoms with van der Waals surface area (Å²) < 4.78 is 32.7. The molecule has 0 aromatic carbocycles. The average molecular weight is 293 g/mol. The van der Waals surface area contributed by atoms with E-state index in [9.17, 15) is 0 Å². The topological polar surface area (TPSA) is 373 Å². The van der Waals surface area contributed by atoms with Crippen LogP contribution in [0.1, 0.15) is 0 Å². The molecule has 0 fully saturated rings. The van der Waals surface area contributed by atoms with E-state index in [-0.39, 0.29) is 66.6 Å². The second-order valence-corrected chi connectivity index (χ2v) is 1.19. The van der Waals surface area contributed by atoms with Gasteiger partial charge in [-0.3, -0.25) is 0 Å². The lowest BCUT2D eigenvalue weighted by molar-refractivity contribution is -1.92. The Labute approximate surface area is 96.2 Å². The van der Waals surface area contributed by atoms with Crippen LogP contribution in [0, 0.1) is 10.2 Å². The summed E-state index contributed by atoms with van der Waals surface area (Å²) in [6.07, 6.45) is 0. The van der Waals surface area contributed by atoms with Crippen LogP contribution in [0.5, 0.6) is 0 Å². The van der Waals surface area contributed by atoms with Crippen molar-refractivity contribution in [2.75, 3.05) is 0 Å². The maximum Gasteiger partial charge on any atom is 0.187 e. The van der Waals surface area contributed by atoms with Gasteiger partial charge < -0.3 is 49.3 Å². The first-order chi connectivity index (χ1) is 2.00. The highest BCUT2D eigenvalue weighted by Gasteiger charge is 1.98. The molecule has 0 aliphatic carbocycles. The number of hydrogen-bond donors (Lipinski definition) is 1. The molecule has 0 bridgehead atoms. The second-order valence-electron chi connectivity index (χ2n) is 0.396. The summed E-state index contributed by atoms with van der Waals surface area (Å²) >= 11 is 0. The van der Waals surface area contributed by atoms with E-state index in [2.05, 4.69) is 0 Å². The molecule has 15 heavy (non-hydrogen) atoms. The summed E-state index contributed by atoms with van der Waals surface area (Å²) in [4.78, 5) is 0. The third-order valence-corrected chi connectivity index (χ3v) is 0. The number of rotatable bonds is 0. The molecular formula is H22AlClO13. The first kappa shape index (κ1) is 169. The molecule has 15 heteroatoms. The predicted molar refractivity (Wildman–Crippen MR) is 44.7 cm³/mol. The molecule has 19 N–H and O–H groups in total. The zero-order valence-corrected chi connectivity index (χ0v) is 7.31. The largest absolute Gasteiger partial charge is 0.412 e. The minimum atomic E-state index is -4.69. The second kappa shape index (κ2) is 63.7. The van der Waals surface area contributed by atoms with Gasteiger partial charge in [0.15, 0.2) is 17.4 Å². The van der Waals surface area contributed by atoms with Crippen LogP contribution in [-0.4, -0.2) is 71.3 Å². The molecule has 110 valence electrons. The molecule has 0 radical (unpaired) electrons. The normalized spacial score (nSPS) is 4.00. The zero-order valence-electron chi connectivity index (χ0n) is 6.55. The standard InChI is InChI=1S/Al.ClHO4.9H2O.3H/c;2-1(3,4)5;;;;;;;;;;;;/h;(H,2,3,4,5);9*1H2;;;. The van der Waals surface area contributed by atoms with Gasteiger partial charge in [-0.2, -0.15) is 14.0 Å². The maximum absolute atomic E-state index is 8.60. The quantitative estimate of drug-likeness (QED) is 0.424. The van der Waals surface area contributed by atoms with E-state index in [0.29, 0.717) is 0 Å². The molecule has 0 spiro atoms. The van der Waals surface area contributed by atoms with Crippen molar-refractivity contribution in [3.63, 3.8) is 0 Å². The van der Waals surface area contributed by atoms with Gasteiger partial charge in [-0.25, -0.2) is 0 Å². The highest BCUT2D eigenvalue weighted by molar-refractivity contribution is 5.75. The number of halogens is 1. The molecule has 0 aromatic rings. The van der Waals surface area contributed by atoms with E-state index in [0.717, 1.165) is 0 Å². The molecule has 0 aliphatic heterocycles. The lowest BCUT2D eigenvalue weighted by Gasteiger charge is -2.03. The SMILES string of the molecule is O.O.O.O.O.O.O.O.O.[AlH3].[O-][Cl+3]([O-])([O-])O. The fraction of sp³-hybridized carbons (Fsp3) is 0. The van der Waals surface area contributed by atoms with Crippen LogP contribution in [0.25, 0.3) is 0 Å². The first-order valence-corrected chi connectivity index (χ1v) is 1.90. The summed E-state index contributed by atoms with van der Waals surface area (Å²) in [6.45, 7) is 0. The molecule has 13 nitrogen and oxygen atoms in total. The van der Waals surface area contributed by atoms with Crippen LogP contribution in [0.3, 0.4) is 0 Å². The minimum absolute atomic E-state index is 0. The zero-order chi connectivity index (χ0) is 4.50. The van der Waals surface area contributed by atoms with Crippen molar-refractivity contribution in [1.29, 1.82) is 0 Å². The summed E-state index contributed by atoms with van der Waals surface area (Å²) in [5.41, 5.74) is 0. The molecule has 0 heterocycles. The van der Waals surface area contributed by atoms with E-state index < -0.39 is 10.2 Å². The van der Waals surface area contributed by atoms with Gasteiger partial charge in [0.1, 0.15) is 0 Å². The molecule has 0 aromatic heterocycles. The first-order valence-electron chi connectivity index (χ1n) is 0.632. The fourth-order valence-corrected chi connectivity index (χ4v) is 0. The molecule has 0 rings (SSSR count). The lowest BCUT2D eigenvalue weighted by Crippen LogP contribution is -2.58. The smallest absolute Gasteiger partial charge is 0.187 e. The Bertz CT molecular complexity index is 26.0. The minimum Gasteiger partial charge on any atom is -0.412 e. The van der Waals surface area contributed by atoms with Gasteiger partial charge >= 0.3 is 0 Å². The van der Waals surface area contributed by atoms with E-state index in [1.54, 1.807) is 0 Å². The van der Waals surface area contributed by atoms with Gasteiger partial charge in [-0.05, 0) is 0 Å². The Morgan fingerprint density at radius 1 is 0.533 bits per heavy atom. The molecule has 0 amide bonds. The van der Waals surface area contributed by atoms with Gasteiger partial charge in [-0.15, -0.1) is 0 Å². The van der Waals surface area contributed by atoms with E-state index in [1.807, 2.05) is 0 Å². The van der Waals surface area contributed by atoms with E-state index >= 15 is 0 Å². The van der Waals surface area contributed by atoms with Gasteiger partial charge in [0.25, 0.3) is 0 Å². The highest BCUT2D eigenvalue weighted by atomic mass is 35.7. The Balaban J connectivity index is -0.00000000178. The van der Waals surface area contributed by atoms with Crippen molar-refractivity contribution < 1.29 is 78.2 Å². The third kappa shape index (κ3) is 23700. The Morgan fingerprint density at radius 2 is 0.533 bits per heavy atom. The van der Waals surface area contributed by atoms with Gasteiger partial charge in [0, 0.05) is 0 Å². The van der Waals surface area contributed by atoms with Crippen LogP contribution in [0.4, 0.5) is 0 Å². The molecule has 0 unspecified atom stereocenters. The van der Waals surface area contributed by atoms with Crippen LogP contribution < -0.4 is 14.0 Å². The summed E-state index contributed by atoms with van der Waals surface area (Å²) in [6, 6.07) is 0. The summed E-state index contributed by atoms with van der Waals surface area (Å²) in [5.74, 6) is 0. The maximum atomic E-state index is 8.60. The van der Waals surface area contributed by atoms with Crippen molar-refractivity contribution >= 4 is 17.4 Å². The highest BCUT2D eigenvalue weighted by Crippen LogP contribution is 1.60. The van der Waals surface area contributed by atoms with Crippen molar-refractivity contribution in [2.24, 2.45) is 0 Å². The van der Waals surface area contributed by atoms with Crippen LogP contribution in [0.15, 0.2) is 0 Å². The average Bonchev–Trinajstić information content (AvgIpc) is 0.722. The van der Waals surface area contributed by atoms with Crippen LogP contribution in [-0.2, 0) is 0 Å². The Hall–Kier alpha value is 0.302.